The molecule has 0 aliphatic heterocycles. The molecular formula is C11H12ClNO. The van der Waals surface area contributed by atoms with Crippen LogP contribution >= 0.6 is 11.6 Å². The highest BCUT2D eigenvalue weighted by atomic mass is 35.5. The maximum atomic E-state index is 11.6. The van der Waals surface area contributed by atoms with E-state index in [4.69, 9.17) is 11.6 Å². The maximum absolute atomic E-state index is 11.6. The minimum Gasteiger partial charge on any atom is -0.308 e. The second kappa shape index (κ2) is 4.01. The van der Waals surface area contributed by atoms with Crippen LogP contribution in [0.2, 0.25) is 0 Å². The van der Waals surface area contributed by atoms with E-state index >= 15 is 0 Å². The molecule has 1 saturated carbocycles. The molecule has 0 N–H and O–H groups in total. The van der Waals surface area contributed by atoms with Gasteiger partial charge in [0, 0.05) is 11.7 Å². The molecule has 0 unspecified atom stereocenters. The summed E-state index contributed by atoms with van der Waals surface area (Å²) in [6, 6.07) is 10.1. The lowest BCUT2D eigenvalue weighted by Gasteiger charge is -2.21. The van der Waals surface area contributed by atoms with Gasteiger partial charge < -0.3 is 4.90 Å². The third-order valence-corrected chi connectivity index (χ3v) is 2.56. The number of alkyl halides is 1. The topological polar surface area (TPSA) is 20.3 Å². The minimum absolute atomic E-state index is 0.000340. The molecule has 0 bridgehead atoms. The van der Waals surface area contributed by atoms with Crippen LogP contribution in [-0.4, -0.2) is 17.8 Å². The van der Waals surface area contributed by atoms with E-state index in [2.05, 4.69) is 0 Å². The summed E-state index contributed by atoms with van der Waals surface area (Å²) in [6.45, 7) is 0. The summed E-state index contributed by atoms with van der Waals surface area (Å²) in [5.41, 5.74) is 0.959. The van der Waals surface area contributed by atoms with Crippen molar-refractivity contribution in [3.8, 4) is 0 Å². The lowest BCUT2D eigenvalue weighted by atomic mass is 10.3. The quantitative estimate of drug-likeness (QED) is 0.701. The van der Waals surface area contributed by atoms with E-state index in [0.29, 0.717) is 6.04 Å². The Morgan fingerprint density at radius 2 is 2.00 bits per heavy atom. The van der Waals surface area contributed by atoms with Crippen LogP contribution < -0.4 is 4.90 Å². The highest BCUT2D eigenvalue weighted by Crippen LogP contribution is 2.31. The molecule has 0 atom stereocenters. The van der Waals surface area contributed by atoms with Crippen molar-refractivity contribution >= 4 is 23.2 Å². The van der Waals surface area contributed by atoms with Gasteiger partial charge in [0.15, 0.2) is 0 Å². The van der Waals surface area contributed by atoms with Gasteiger partial charge in [0.25, 0.3) is 0 Å². The predicted molar refractivity (Wildman–Crippen MR) is 57.7 cm³/mol. The second-order valence-corrected chi connectivity index (χ2v) is 3.73. The highest BCUT2D eigenvalue weighted by Gasteiger charge is 2.32. The van der Waals surface area contributed by atoms with Crippen molar-refractivity contribution in [2.24, 2.45) is 0 Å². The molecule has 0 radical (unpaired) electrons. The molecule has 14 heavy (non-hydrogen) atoms. The van der Waals surface area contributed by atoms with Gasteiger partial charge in [0.2, 0.25) is 5.91 Å². The maximum Gasteiger partial charge on any atom is 0.242 e. The van der Waals surface area contributed by atoms with Crippen LogP contribution in [0.4, 0.5) is 5.69 Å². The molecule has 1 aromatic carbocycles. The fourth-order valence-corrected chi connectivity index (χ4v) is 1.67. The minimum atomic E-state index is 0.000340. The molecule has 1 fully saturated rings. The van der Waals surface area contributed by atoms with Gasteiger partial charge in [-0.15, -0.1) is 11.6 Å². The van der Waals surface area contributed by atoms with Gasteiger partial charge in [-0.05, 0) is 25.0 Å². The summed E-state index contributed by atoms with van der Waals surface area (Å²) >= 11 is 5.58. The molecule has 3 heteroatoms. The van der Waals surface area contributed by atoms with Crippen LogP contribution in [0, 0.1) is 0 Å². The van der Waals surface area contributed by atoms with E-state index < -0.39 is 0 Å². The Hall–Kier alpha value is -1.02. The zero-order valence-electron chi connectivity index (χ0n) is 7.82. The third kappa shape index (κ3) is 1.90. The Balaban J connectivity index is 2.22. The normalized spacial score (nSPS) is 15.2. The van der Waals surface area contributed by atoms with Gasteiger partial charge in [-0.25, -0.2) is 0 Å². The summed E-state index contributed by atoms with van der Waals surface area (Å²) in [4.78, 5) is 13.4. The first kappa shape index (κ1) is 9.53. The molecule has 0 heterocycles. The van der Waals surface area contributed by atoms with E-state index in [-0.39, 0.29) is 11.8 Å². The molecule has 0 spiro atoms. The fourth-order valence-electron chi connectivity index (χ4n) is 1.54. The number of carbonyl (C=O) groups excluding carboxylic acids is 1. The summed E-state index contributed by atoms with van der Waals surface area (Å²) in [5.74, 6) is 0.0612. The van der Waals surface area contributed by atoms with Crippen LogP contribution in [0.15, 0.2) is 30.3 Å². The Morgan fingerprint density at radius 3 is 2.50 bits per heavy atom. The van der Waals surface area contributed by atoms with Crippen molar-refractivity contribution in [1.29, 1.82) is 0 Å². The average molecular weight is 210 g/mol. The molecular weight excluding hydrogens is 198 g/mol. The molecule has 0 aromatic heterocycles. The molecule has 1 aromatic rings. The highest BCUT2D eigenvalue weighted by molar-refractivity contribution is 6.29. The van der Waals surface area contributed by atoms with Crippen molar-refractivity contribution in [2.45, 2.75) is 18.9 Å². The molecule has 1 amide bonds. The average Bonchev–Trinajstić information content (AvgIpc) is 3.04. The number of anilines is 1. The van der Waals surface area contributed by atoms with E-state index in [1.54, 1.807) is 0 Å². The number of halogens is 1. The second-order valence-electron chi connectivity index (χ2n) is 3.46. The first-order chi connectivity index (χ1) is 6.83. The number of hydrogen-bond donors (Lipinski definition) is 0. The van der Waals surface area contributed by atoms with Crippen LogP contribution in [-0.2, 0) is 4.79 Å². The van der Waals surface area contributed by atoms with Crippen molar-refractivity contribution in [3.05, 3.63) is 30.3 Å². The van der Waals surface area contributed by atoms with Gasteiger partial charge in [0.05, 0.1) is 0 Å². The Kier molecular flexibility index (Phi) is 2.73. The number of carbonyl (C=O) groups is 1. The van der Waals surface area contributed by atoms with E-state index in [1.807, 2.05) is 35.2 Å². The molecule has 2 nitrogen and oxygen atoms in total. The van der Waals surface area contributed by atoms with Crippen molar-refractivity contribution in [3.63, 3.8) is 0 Å². The Labute approximate surface area is 88.5 Å². The van der Waals surface area contributed by atoms with Crippen molar-refractivity contribution < 1.29 is 4.79 Å². The van der Waals surface area contributed by atoms with Crippen LogP contribution in [0.1, 0.15) is 12.8 Å². The largest absolute Gasteiger partial charge is 0.308 e. The number of amides is 1. The molecule has 1 aliphatic carbocycles. The van der Waals surface area contributed by atoms with E-state index in [1.165, 1.54) is 0 Å². The number of para-hydroxylation sites is 1. The van der Waals surface area contributed by atoms with Gasteiger partial charge in [-0.2, -0.15) is 0 Å². The SMILES string of the molecule is O=C(CCl)N(c1ccccc1)C1CC1. The molecule has 1 aliphatic rings. The number of nitrogens with zero attached hydrogens (tertiary/aromatic N) is 1. The summed E-state index contributed by atoms with van der Waals surface area (Å²) in [5, 5.41) is 0. The Morgan fingerprint density at radius 1 is 1.36 bits per heavy atom. The van der Waals surface area contributed by atoms with Crippen LogP contribution in [0.3, 0.4) is 0 Å². The lowest BCUT2D eigenvalue weighted by Crippen LogP contribution is -2.33. The van der Waals surface area contributed by atoms with Crippen molar-refractivity contribution in [2.75, 3.05) is 10.8 Å². The van der Waals surface area contributed by atoms with Crippen LogP contribution in [0.5, 0.6) is 0 Å². The predicted octanol–water partition coefficient (Wildman–Crippen LogP) is 2.42. The van der Waals surface area contributed by atoms with E-state index in [0.717, 1.165) is 18.5 Å². The standard InChI is InChI=1S/C11H12ClNO/c12-8-11(14)13(10-6-7-10)9-4-2-1-3-5-9/h1-5,10H,6-8H2. The summed E-state index contributed by atoms with van der Waals surface area (Å²) in [7, 11) is 0. The summed E-state index contributed by atoms with van der Waals surface area (Å²) < 4.78 is 0. The zero-order chi connectivity index (χ0) is 9.97. The molecule has 0 saturated heterocycles. The van der Waals surface area contributed by atoms with Crippen LogP contribution in [0.25, 0.3) is 0 Å². The first-order valence-corrected chi connectivity index (χ1v) is 5.29. The number of hydrogen-bond acceptors (Lipinski definition) is 1. The fraction of sp³-hybridized carbons (Fsp3) is 0.364. The van der Waals surface area contributed by atoms with Gasteiger partial charge >= 0.3 is 0 Å². The zero-order valence-corrected chi connectivity index (χ0v) is 8.57. The van der Waals surface area contributed by atoms with Gasteiger partial charge in [0.1, 0.15) is 5.88 Å². The molecule has 2 rings (SSSR count). The monoisotopic (exact) mass is 209 g/mol. The molecule has 74 valence electrons. The third-order valence-electron chi connectivity index (χ3n) is 2.33. The van der Waals surface area contributed by atoms with Gasteiger partial charge in [-0.1, -0.05) is 18.2 Å². The first-order valence-electron chi connectivity index (χ1n) is 4.76. The Bertz CT molecular complexity index is 321. The smallest absolute Gasteiger partial charge is 0.242 e. The summed E-state index contributed by atoms with van der Waals surface area (Å²) in [6.07, 6.45) is 2.19. The van der Waals surface area contributed by atoms with E-state index in [9.17, 15) is 4.79 Å². The number of benzene rings is 1. The van der Waals surface area contributed by atoms with Crippen molar-refractivity contribution in [1.82, 2.24) is 0 Å². The van der Waals surface area contributed by atoms with Gasteiger partial charge in [-0.3, -0.25) is 4.79 Å². The lowest BCUT2D eigenvalue weighted by molar-refractivity contribution is -0.116. The number of rotatable bonds is 3.